The van der Waals surface area contributed by atoms with Gasteiger partial charge in [-0.1, -0.05) is 26.8 Å². The van der Waals surface area contributed by atoms with Crippen LogP contribution in [0, 0.1) is 23.0 Å². The van der Waals surface area contributed by atoms with Crippen LogP contribution in [0.25, 0.3) is 0 Å². The summed E-state index contributed by atoms with van der Waals surface area (Å²) >= 11 is 0. The Morgan fingerprint density at radius 2 is 1.70 bits per heavy atom. The van der Waals surface area contributed by atoms with E-state index in [1.54, 1.807) is 6.07 Å². The monoisotopic (exact) mass is 281 g/mol. The minimum absolute atomic E-state index is 0.394. The van der Waals surface area contributed by atoms with Gasteiger partial charge in [0, 0.05) is 12.6 Å². The van der Waals surface area contributed by atoms with Crippen LogP contribution in [-0.4, -0.2) is 6.04 Å². The molecule has 0 aliphatic heterocycles. The van der Waals surface area contributed by atoms with Crippen molar-refractivity contribution in [2.75, 3.05) is 0 Å². The Labute approximate surface area is 120 Å². The molecule has 0 unspecified atom stereocenters. The van der Waals surface area contributed by atoms with Crippen molar-refractivity contribution in [2.24, 2.45) is 11.3 Å². The van der Waals surface area contributed by atoms with Crippen molar-refractivity contribution in [1.29, 1.82) is 0 Å². The van der Waals surface area contributed by atoms with E-state index in [-0.39, 0.29) is 0 Å². The molecule has 20 heavy (non-hydrogen) atoms. The summed E-state index contributed by atoms with van der Waals surface area (Å²) in [7, 11) is 0. The van der Waals surface area contributed by atoms with E-state index in [0.29, 0.717) is 18.0 Å². The lowest BCUT2D eigenvalue weighted by atomic mass is 9.71. The van der Waals surface area contributed by atoms with Crippen LogP contribution < -0.4 is 5.32 Å². The van der Waals surface area contributed by atoms with Crippen molar-refractivity contribution in [2.45, 2.75) is 59.0 Å². The van der Waals surface area contributed by atoms with Crippen molar-refractivity contribution in [3.63, 3.8) is 0 Å². The predicted octanol–water partition coefficient (Wildman–Crippen LogP) is 4.66. The second-order valence-corrected chi connectivity index (χ2v) is 7.04. The van der Waals surface area contributed by atoms with Crippen LogP contribution in [0.4, 0.5) is 8.78 Å². The third kappa shape index (κ3) is 4.02. The summed E-state index contributed by atoms with van der Waals surface area (Å²) in [6, 6.07) is 4.62. The normalized spacial score (nSPS) is 23.9. The Bertz CT molecular complexity index is 443. The lowest BCUT2D eigenvalue weighted by molar-refractivity contribution is 0.160. The molecule has 2 rings (SSSR count). The Morgan fingerprint density at radius 1 is 1.05 bits per heavy atom. The molecule has 1 nitrogen and oxygen atoms in total. The Kier molecular flexibility index (Phi) is 4.79. The average molecular weight is 281 g/mol. The molecule has 1 fully saturated rings. The van der Waals surface area contributed by atoms with Gasteiger partial charge in [-0.3, -0.25) is 0 Å². The Balaban J connectivity index is 1.80. The van der Waals surface area contributed by atoms with Crippen LogP contribution in [0.2, 0.25) is 0 Å². The van der Waals surface area contributed by atoms with Crippen LogP contribution in [0.15, 0.2) is 18.2 Å². The molecule has 0 atom stereocenters. The van der Waals surface area contributed by atoms with E-state index in [2.05, 4.69) is 26.1 Å². The van der Waals surface area contributed by atoms with Gasteiger partial charge in [-0.2, -0.15) is 0 Å². The molecule has 1 aliphatic rings. The van der Waals surface area contributed by atoms with Gasteiger partial charge in [0.2, 0.25) is 0 Å². The highest BCUT2D eigenvalue weighted by Crippen LogP contribution is 2.37. The molecule has 0 bridgehead atoms. The predicted molar refractivity (Wildman–Crippen MR) is 78.4 cm³/mol. The molecule has 0 amide bonds. The summed E-state index contributed by atoms with van der Waals surface area (Å²) in [4.78, 5) is 0. The molecule has 1 saturated carbocycles. The molecule has 0 heterocycles. The van der Waals surface area contributed by atoms with E-state index in [0.717, 1.165) is 11.5 Å². The second-order valence-electron chi connectivity index (χ2n) is 7.04. The summed E-state index contributed by atoms with van der Waals surface area (Å²) in [5.41, 5.74) is 1.20. The summed E-state index contributed by atoms with van der Waals surface area (Å²) in [5.74, 6) is -0.746. The number of rotatable bonds is 3. The van der Waals surface area contributed by atoms with E-state index < -0.39 is 11.6 Å². The van der Waals surface area contributed by atoms with Gasteiger partial charge in [0.05, 0.1) is 0 Å². The van der Waals surface area contributed by atoms with Crippen molar-refractivity contribution >= 4 is 0 Å². The van der Waals surface area contributed by atoms with Gasteiger partial charge in [0.1, 0.15) is 0 Å². The number of nitrogens with one attached hydrogen (secondary N) is 1. The highest BCUT2D eigenvalue weighted by molar-refractivity contribution is 5.17. The van der Waals surface area contributed by atoms with Gasteiger partial charge in [0.15, 0.2) is 11.6 Å². The summed E-state index contributed by atoms with van der Waals surface area (Å²) < 4.78 is 26.0. The van der Waals surface area contributed by atoms with Crippen molar-refractivity contribution in [3.05, 3.63) is 35.4 Å². The third-order valence-corrected chi connectivity index (χ3v) is 4.53. The third-order valence-electron chi connectivity index (χ3n) is 4.53. The van der Waals surface area contributed by atoms with Crippen LogP contribution in [0.5, 0.6) is 0 Å². The fourth-order valence-corrected chi connectivity index (χ4v) is 3.08. The molecule has 1 aromatic rings. The fourth-order valence-electron chi connectivity index (χ4n) is 3.08. The molecule has 0 saturated heterocycles. The Hall–Kier alpha value is -0.960. The molecule has 1 aromatic carbocycles. The van der Waals surface area contributed by atoms with Gasteiger partial charge >= 0.3 is 0 Å². The fraction of sp³-hybridized carbons (Fsp3) is 0.647. The first-order valence-electron chi connectivity index (χ1n) is 7.53. The first kappa shape index (κ1) is 15.4. The molecular formula is C17H25F2N. The molecular weight excluding hydrogens is 256 g/mol. The second kappa shape index (κ2) is 6.21. The first-order valence-corrected chi connectivity index (χ1v) is 7.53. The summed E-state index contributed by atoms with van der Waals surface area (Å²) in [5, 5.41) is 3.47. The van der Waals surface area contributed by atoms with E-state index in [9.17, 15) is 8.78 Å². The first-order chi connectivity index (χ1) is 9.36. The lowest BCUT2D eigenvalue weighted by Crippen LogP contribution is -2.35. The molecule has 1 N–H and O–H groups in total. The topological polar surface area (TPSA) is 12.0 Å². The van der Waals surface area contributed by atoms with Gasteiger partial charge in [-0.15, -0.1) is 0 Å². The SMILES string of the molecule is CC(C)(C)C1CCC(NCc2ccc(F)c(F)c2)CC1. The smallest absolute Gasteiger partial charge is 0.159 e. The molecule has 0 spiro atoms. The Morgan fingerprint density at radius 3 is 2.25 bits per heavy atom. The zero-order chi connectivity index (χ0) is 14.8. The van der Waals surface area contributed by atoms with Crippen molar-refractivity contribution in [1.82, 2.24) is 5.32 Å². The van der Waals surface area contributed by atoms with Gasteiger partial charge < -0.3 is 5.32 Å². The van der Waals surface area contributed by atoms with Gasteiger partial charge in [-0.05, 0) is 54.7 Å². The average Bonchev–Trinajstić information content (AvgIpc) is 2.40. The minimum Gasteiger partial charge on any atom is -0.310 e. The maximum atomic E-state index is 13.1. The molecule has 1 aliphatic carbocycles. The largest absolute Gasteiger partial charge is 0.310 e. The maximum absolute atomic E-state index is 13.1. The molecule has 112 valence electrons. The molecule has 0 radical (unpaired) electrons. The van der Waals surface area contributed by atoms with Gasteiger partial charge in [-0.25, -0.2) is 8.78 Å². The molecule has 0 aromatic heterocycles. The minimum atomic E-state index is -0.778. The van der Waals surface area contributed by atoms with Crippen molar-refractivity contribution < 1.29 is 8.78 Å². The zero-order valence-electron chi connectivity index (χ0n) is 12.7. The lowest BCUT2D eigenvalue weighted by Gasteiger charge is -2.37. The van der Waals surface area contributed by atoms with Crippen molar-refractivity contribution in [3.8, 4) is 0 Å². The number of hydrogen-bond acceptors (Lipinski definition) is 1. The standard InChI is InChI=1S/C17H25F2N/c1-17(2,3)13-5-7-14(8-6-13)20-11-12-4-9-15(18)16(19)10-12/h4,9-10,13-14,20H,5-8,11H2,1-3H3. The number of hydrogen-bond donors (Lipinski definition) is 1. The van der Waals surface area contributed by atoms with E-state index >= 15 is 0 Å². The van der Waals surface area contributed by atoms with Gasteiger partial charge in [0.25, 0.3) is 0 Å². The van der Waals surface area contributed by atoms with E-state index in [4.69, 9.17) is 0 Å². The van der Waals surface area contributed by atoms with Crippen LogP contribution in [0.3, 0.4) is 0 Å². The highest BCUT2D eigenvalue weighted by Gasteiger charge is 2.29. The quantitative estimate of drug-likeness (QED) is 0.849. The summed E-state index contributed by atoms with van der Waals surface area (Å²) in [6.07, 6.45) is 4.84. The van der Waals surface area contributed by atoms with Crippen LogP contribution in [0.1, 0.15) is 52.0 Å². The van der Waals surface area contributed by atoms with E-state index in [1.165, 1.54) is 37.8 Å². The number of benzene rings is 1. The zero-order valence-corrected chi connectivity index (χ0v) is 12.7. The van der Waals surface area contributed by atoms with Crippen LogP contribution >= 0.6 is 0 Å². The van der Waals surface area contributed by atoms with E-state index in [1.807, 2.05) is 0 Å². The highest BCUT2D eigenvalue weighted by atomic mass is 19.2. The molecule has 3 heteroatoms. The summed E-state index contributed by atoms with van der Waals surface area (Å²) in [6.45, 7) is 7.55. The maximum Gasteiger partial charge on any atom is 0.159 e. The van der Waals surface area contributed by atoms with Crippen LogP contribution in [-0.2, 0) is 6.54 Å². The number of halogens is 2.